The maximum Gasteiger partial charge on any atom is 0.270 e. The first-order chi connectivity index (χ1) is 11.4. The predicted octanol–water partition coefficient (Wildman–Crippen LogP) is 1.49. The number of hydrogen-bond donors (Lipinski definition) is 2. The number of phenols is 1. The summed E-state index contributed by atoms with van der Waals surface area (Å²) < 4.78 is 5.15. The molecule has 24 heavy (non-hydrogen) atoms. The van der Waals surface area contributed by atoms with Crippen LogP contribution in [0.25, 0.3) is 6.08 Å². The molecule has 122 valence electrons. The Morgan fingerprint density at radius 2 is 2.25 bits per heavy atom. The SMILES string of the molecule is COc1cccc(/C=C2/SC(=S)N(/C=C(\C#N)C(N)=O)C2=O)c1O. The predicted molar refractivity (Wildman–Crippen MR) is 92.6 cm³/mol. The molecule has 1 aliphatic heterocycles. The molecule has 2 rings (SSSR count). The Hall–Kier alpha value is -2.83. The topological polar surface area (TPSA) is 117 Å². The molecule has 1 aliphatic rings. The van der Waals surface area contributed by atoms with Gasteiger partial charge in [0.05, 0.1) is 12.0 Å². The Bertz CT molecular complexity index is 840. The zero-order valence-electron chi connectivity index (χ0n) is 12.3. The molecule has 0 unspecified atom stereocenters. The lowest BCUT2D eigenvalue weighted by molar-refractivity contribution is -0.120. The van der Waals surface area contributed by atoms with Gasteiger partial charge in [-0.3, -0.25) is 14.5 Å². The molecule has 0 atom stereocenters. The van der Waals surface area contributed by atoms with Crippen LogP contribution in [0.5, 0.6) is 11.5 Å². The van der Waals surface area contributed by atoms with Gasteiger partial charge in [0.25, 0.3) is 11.8 Å². The van der Waals surface area contributed by atoms with E-state index in [9.17, 15) is 14.7 Å². The number of methoxy groups -OCH3 is 1. The minimum atomic E-state index is -0.957. The molecule has 9 heteroatoms. The number of aromatic hydroxyl groups is 1. The number of phenolic OH excluding ortho intramolecular Hbond substituents is 1. The number of thiocarbonyl (C=S) groups is 1. The van der Waals surface area contributed by atoms with Crippen LogP contribution in [-0.4, -0.2) is 33.3 Å². The second-order valence-electron chi connectivity index (χ2n) is 4.47. The fourth-order valence-corrected chi connectivity index (χ4v) is 3.03. The number of carbonyl (C=O) groups excluding carboxylic acids is 2. The number of nitriles is 1. The van der Waals surface area contributed by atoms with E-state index in [0.29, 0.717) is 5.56 Å². The number of ether oxygens (including phenoxy) is 1. The summed E-state index contributed by atoms with van der Waals surface area (Å²) in [6.45, 7) is 0. The molecule has 1 fully saturated rings. The highest BCUT2D eigenvalue weighted by atomic mass is 32.2. The first kappa shape index (κ1) is 17.5. The van der Waals surface area contributed by atoms with Crippen molar-refractivity contribution >= 4 is 46.2 Å². The maximum atomic E-state index is 12.4. The minimum Gasteiger partial charge on any atom is -0.504 e. The highest BCUT2D eigenvalue weighted by Gasteiger charge is 2.32. The van der Waals surface area contributed by atoms with Gasteiger partial charge in [-0.25, -0.2) is 0 Å². The number of hydrogen-bond acceptors (Lipinski definition) is 7. The van der Waals surface area contributed by atoms with E-state index >= 15 is 0 Å². The molecule has 0 spiro atoms. The number of amides is 2. The summed E-state index contributed by atoms with van der Waals surface area (Å²) >= 11 is 6.05. The minimum absolute atomic E-state index is 0.115. The summed E-state index contributed by atoms with van der Waals surface area (Å²) in [6, 6.07) is 6.44. The molecule has 0 aliphatic carbocycles. The highest BCUT2D eigenvalue weighted by Crippen LogP contribution is 2.37. The number of nitrogens with zero attached hydrogens (tertiary/aromatic N) is 2. The number of rotatable bonds is 4. The number of para-hydroxylation sites is 1. The van der Waals surface area contributed by atoms with Crippen molar-refractivity contribution in [1.29, 1.82) is 5.26 Å². The van der Waals surface area contributed by atoms with Crippen LogP contribution in [0.2, 0.25) is 0 Å². The standard InChI is InChI=1S/C15H11N3O4S2/c1-22-10-4-2-3-8(12(10)19)5-11-14(21)18(15(23)24-11)7-9(6-16)13(17)20/h2-5,7,19H,1H3,(H2,17,20)/b9-7+,11-5+. The van der Waals surface area contributed by atoms with Crippen molar-refractivity contribution in [3.63, 3.8) is 0 Å². The van der Waals surface area contributed by atoms with Crippen molar-refractivity contribution in [1.82, 2.24) is 4.90 Å². The molecule has 0 radical (unpaired) electrons. The monoisotopic (exact) mass is 361 g/mol. The van der Waals surface area contributed by atoms with E-state index in [4.69, 9.17) is 28.0 Å². The second kappa shape index (κ2) is 7.16. The van der Waals surface area contributed by atoms with Gasteiger partial charge < -0.3 is 15.6 Å². The van der Waals surface area contributed by atoms with E-state index in [2.05, 4.69) is 0 Å². The maximum absolute atomic E-state index is 12.4. The van der Waals surface area contributed by atoms with Crippen LogP contribution in [0.1, 0.15) is 5.56 Å². The largest absolute Gasteiger partial charge is 0.504 e. The summed E-state index contributed by atoms with van der Waals surface area (Å²) in [5.41, 5.74) is 5.02. The van der Waals surface area contributed by atoms with Gasteiger partial charge in [-0.1, -0.05) is 36.1 Å². The van der Waals surface area contributed by atoms with Crippen LogP contribution < -0.4 is 10.5 Å². The average molecular weight is 361 g/mol. The third kappa shape index (κ3) is 3.40. The van der Waals surface area contributed by atoms with E-state index in [0.717, 1.165) is 22.9 Å². The fraction of sp³-hybridized carbons (Fsp3) is 0.0667. The Labute approximate surface area is 147 Å². The van der Waals surface area contributed by atoms with E-state index < -0.39 is 17.4 Å². The lowest BCUT2D eigenvalue weighted by atomic mass is 10.1. The Morgan fingerprint density at radius 3 is 2.83 bits per heavy atom. The van der Waals surface area contributed by atoms with Gasteiger partial charge in [0.1, 0.15) is 11.6 Å². The van der Waals surface area contributed by atoms with E-state index in [-0.39, 0.29) is 20.7 Å². The smallest absolute Gasteiger partial charge is 0.270 e. The molecular weight excluding hydrogens is 350 g/mol. The van der Waals surface area contributed by atoms with Gasteiger partial charge in [0.2, 0.25) is 0 Å². The second-order valence-corrected chi connectivity index (χ2v) is 6.14. The van der Waals surface area contributed by atoms with Crippen LogP contribution >= 0.6 is 24.0 Å². The molecule has 1 aromatic rings. The highest BCUT2D eigenvalue weighted by molar-refractivity contribution is 8.26. The number of nitrogens with two attached hydrogens (primary N) is 1. The third-order valence-electron chi connectivity index (χ3n) is 3.00. The molecule has 3 N–H and O–H groups in total. The number of benzene rings is 1. The van der Waals surface area contributed by atoms with E-state index in [1.54, 1.807) is 24.3 Å². The van der Waals surface area contributed by atoms with Crippen molar-refractivity contribution < 1.29 is 19.4 Å². The first-order valence-electron chi connectivity index (χ1n) is 6.43. The van der Waals surface area contributed by atoms with Crippen molar-refractivity contribution in [3.05, 3.63) is 40.4 Å². The molecular formula is C15H11N3O4S2. The Morgan fingerprint density at radius 1 is 1.54 bits per heavy atom. The van der Waals surface area contributed by atoms with Crippen molar-refractivity contribution in [2.24, 2.45) is 5.73 Å². The third-order valence-corrected chi connectivity index (χ3v) is 4.33. The summed E-state index contributed by atoms with van der Waals surface area (Å²) in [5, 5.41) is 18.9. The summed E-state index contributed by atoms with van der Waals surface area (Å²) in [4.78, 5) is 24.7. The van der Waals surface area contributed by atoms with Gasteiger partial charge in [0, 0.05) is 11.8 Å². The van der Waals surface area contributed by atoms with Gasteiger partial charge in [-0.2, -0.15) is 5.26 Å². The molecule has 2 amide bonds. The molecule has 0 aromatic heterocycles. The first-order valence-corrected chi connectivity index (χ1v) is 7.66. The van der Waals surface area contributed by atoms with Gasteiger partial charge in [-0.05, 0) is 12.1 Å². The van der Waals surface area contributed by atoms with Crippen LogP contribution in [0.4, 0.5) is 0 Å². The van der Waals surface area contributed by atoms with Crippen LogP contribution in [0.15, 0.2) is 34.9 Å². The van der Waals surface area contributed by atoms with Crippen LogP contribution in [0.3, 0.4) is 0 Å². The lowest BCUT2D eigenvalue weighted by Gasteiger charge is -2.08. The van der Waals surface area contributed by atoms with Gasteiger partial charge >= 0.3 is 0 Å². The van der Waals surface area contributed by atoms with E-state index in [1.807, 2.05) is 0 Å². The van der Waals surface area contributed by atoms with Crippen molar-refractivity contribution in [2.75, 3.05) is 7.11 Å². The number of thioether (sulfide) groups is 1. The van der Waals surface area contributed by atoms with Gasteiger partial charge in [-0.15, -0.1) is 0 Å². The Balaban J connectivity index is 2.39. The van der Waals surface area contributed by atoms with Crippen molar-refractivity contribution in [3.8, 4) is 17.6 Å². The van der Waals surface area contributed by atoms with Crippen molar-refractivity contribution in [2.45, 2.75) is 0 Å². The molecule has 0 saturated carbocycles. The number of carbonyl (C=O) groups is 2. The number of primary amides is 1. The molecule has 1 aromatic carbocycles. The molecule has 0 bridgehead atoms. The van der Waals surface area contributed by atoms with E-state index in [1.165, 1.54) is 13.2 Å². The van der Waals surface area contributed by atoms with Gasteiger partial charge in [0.15, 0.2) is 15.8 Å². The molecule has 7 nitrogen and oxygen atoms in total. The van der Waals surface area contributed by atoms with Crippen LogP contribution in [0, 0.1) is 11.3 Å². The Kier molecular flexibility index (Phi) is 5.23. The normalized spacial score (nSPS) is 16.4. The zero-order valence-corrected chi connectivity index (χ0v) is 14.0. The molecule has 1 saturated heterocycles. The summed E-state index contributed by atoms with van der Waals surface area (Å²) in [5.74, 6) is -1.34. The summed E-state index contributed by atoms with van der Waals surface area (Å²) in [6.07, 6.45) is 2.45. The zero-order chi connectivity index (χ0) is 17.9. The quantitative estimate of drug-likeness (QED) is 0.474. The summed E-state index contributed by atoms with van der Waals surface area (Å²) in [7, 11) is 1.41. The fourth-order valence-electron chi connectivity index (χ4n) is 1.83. The molecule has 1 heterocycles. The lowest BCUT2D eigenvalue weighted by Crippen LogP contribution is -2.24. The average Bonchev–Trinajstić information content (AvgIpc) is 2.81. The van der Waals surface area contributed by atoms with Crippen LogP contribution in [-0.2, 0) is 9.59 Å².